The van der Waals surface area contributed by atoms with E-state index in [4.69, 9.17) is 5.84 Å². The molecule has 1 heterocycles. The molecule has 0 bridgehead atoms. The van der Waals surface area contributed by atoms with Crippen molar-refractivity contribution in [3.8, 4) is 0 Å². The van der Waals surface area contributed by atoms with Crippen molar-refractivity contribution in [1.29, 1.82) is 0 Å². The molecule has 0 radical (unpaired) electrons. The largest absolute Gasteiger partial charge is 0.335 e. The van der Waals surface area contributed by atoms with Gasteiger partial charge in [0.15, 0.2) is 0 Å². The highest BCUT2D eigenvalue weighted by molar-refractivity contribution is 9.10. The molecule has 1 unspecified atom stereocenters. The second-order valence-electron chi connectivity index (χ2n) is 4.60. The van der Waals surface area contributed by atoms with Gasteiger partial charge in [-0.15, -0.1) is 0 Å². The fourth-order valence-corrected chi connectivity index (χ4v) is 2.75. The topological polar surface area (TPSA) is 55.9 Å². The molecular formula is C14H18BrFN4. The van der Waals surface area contributed by atoms with Crippen molar-refractivity contribution in [1.82, 2.24) is 15.0 Å². The van der Waals surface area contributed by atoms with Crippen LogP contribution in [0.5, 0.6) is 0 Å². The molecule has 2 aromatic rings. The van der Waals surface area contributed by atoms with Gasteiger partial charge in [-0.3, -0.25) is 11.3 Å². The monoisotopic (exact) mass is 340 g/mol. The first-order chi connectivity index (χ1) is 9.67. The number of nitrogens with two attached hydrogens (primary N) is 1. The lowest BCUT2D eigenvalue weighted by atomic mass is 10.0. The number of halogens is 2. The molecular weight excluding hydrogens is 323 g/mol. The number of nitrogens with one attached hydrogen (secondary N) is 1. The number of rotatable bonds is 6. The van der Waals surface area contributed by atoms with Gasteiger partial charge in [-0.1, -0.05) is 19.1 Å². The number of imidazole rings is 1. The van der Waals surface area contributed by atoms with Crippen LogP contribution in [0.1, 0.15) is 30.8 Å². The lowest BCUT2D eigenvalue weighted by molar-refractivity contribution is 0.510. The first-order valence-electron chi connectivity index (χ1n) is 6.57. The number of nitrogens with zero attached hydrogens (tertiary/aromatic N) is 2. The number of hydrogen-bond donors (Lipinski definition) is 2. The van der Waals surface area contributed by atoms with E-state index < -0.39 is 0 Å². The van der Waals surface area contributed by atoms with Crippen LogP contribution in [-0.4, -0.2) is 9.55 Å². The minimum Gasteiger partial charge on any atom is -0.335 e. The average Bonchev–Trinajstić information content (AvgIpc) is 2.87. The van der Waals surface area contributed by atoms with Gasteiger partial charge >= 0.3 is 0 Å². The average molecular weight is 341 g/mol. The first-order valence-corrected chi connectivity index (χ1v) is 7.36. The number of aromatic nitrogens is 2. The van der Waals surface area contributed by atoms with Crippen molar-refractivity contribution < 1.29 is 4.39 Å². The van der Waals surface area contributed by atoms with Crippen LogP contribution >= 0.6 is 15.9 Å². The molecule has 3 N–H and O–H groups in total. The zero-order chi connectivity index (χ0) is 14.5. The van der Waals surface area contributed by atoms with Crippen molar-refractivity contribution in [3.63, 3.8) is 0 Å². The summed E-state index contributed by atoms with van der Waals surface area (Å²) in [6.07, 6.45) is 5.37. The standard InChI is InChI=1S/C14H18BrFN4/c1-2-7-20-8-6-18-13(20)9-12(19-17)10-4-3-5-11(16)14(10)15/h3-6,8,12,19H,2,7,9,17H2,1H3. The van der Waals surface area contributed by atoms with Gasteiger partial charge in [-0.25, -0.2) is 9.37 Å². The minimum atomic E-state index is -0.292. The second kappa shape index (κ2) is 6.97. The number of aryl methyl sites for hydroxylation is 1. The third kappa shape index (κ3) is 3.26. The third-order valence-corrected chi connectivity index (χ3v) is 4.05. The molecule has 0 spiro atoms. The molecule has 1 aromatic heterocycles. The van der Waals surface area contributed by atoms with Gasteiger partial charge in [-0.05, 0) is 34.0 Å². The summed E-state index contributed by atoms with van der Waals surface area (Å²) >= 11 is 3.28. The van der Waals surface area contributed by atoms with E-state index in [9.17, 15) is 4.39 Å². The summed E-state index contributed by atoms with van der Waals surface area (Å²) in [7, 11) is 0. The zero-order valence-corrected chi connectivity index (χ0v) is 12.9. The third-order valence-electron chi connectivity index (χ3n) is 3.21. The molecule has 6 heteroatoms. The van der Waals surface area contributed by atoms with Crippen LogP contribution in [0.15, 0.2) is 35.1 Å². The summed E-state index contributed by atoms with van der Waals surface area (Å²) in [5.74, 6) is 6.28. The predicted octanol–water partition coefficient (Wildman–Crippen LogP) is 2.94. The van der Waals surface area contributed by atoms with E-state index in [0.717, 1.165) is 24.4 Å². The molecule has 0 fully saturated rings. The highest BCUT2D eigenvalue weighted by Crippen LogP contribution is 2.27. The maximum Gasteiger partial charge on any atom is 0.137 e. The molecule has 108 valence electrons. The van der Waals surface area contributed by atoms with Crippen LogP contribution < -0.4 is 11.3 Å². The fraction of sp³-hybridized carbons (Fsp3) is 0.357. The summed E-state index contributed by atoms with van der Waals surface area (Å²) in [5.41, 5.74) is 3.53. The molecule has 2 rings (SSSR count). The van der Waals surface area contributed by atoms with Crippen molar-refractivity contribution >= 4 is 15.9 Å². The van der Waals surface area contributed by atoms with Crippen molar-refractivity contribution in [2.24, 2.45) is 5.84 Å². The fourth-order valence-electron chi connectivity index (χ4n) is 2.21. The molecule has 0 aliphatic heterocycles. The number of hydrogen-bond acceptors (Lipinski definition) is 3. The van der Waals surface area contributed by atoms with Gasteiger partial charge in [0.2, 0.25) is 0 Å². The summed E-state index contributed by atoms with van der Waals surface area (Å²) in [4.78, 5) is 4.36. The normalized spacial score (nSPS) is 12.6. The molecule has 20 heavy (non-hydrogen) atoms. The van der Waals surface area contributed by atoms with Crippen molar-refractivity contribution in [2.45, 2.75) is 32.4 Å². The molecule has 0 saturated carbocycles. The molecule has 1 aromatic carbocycles. The highest BCUT2D eigenvalue weighted by atomic mass is 79.9. The van der Waals surface area contributed by atoms with Crippen molar-refractivity contribution in [3.05, 3.63) is 52.3 Å². The van der Waals surface area contributed by atoms with Gasteiger partial charge in [0.25, 0.3) is 0 Å². The van der Waals surface area contributed by atoms with Crippen LogP contribution in [-0.2, 0) is 13.0 Å². The van der Waals surface area contributed by atoms with E-state index in [1.54, 1.807) is 12.3 Å². The van der Waals surface area contributed by atoms with Crippen LogP contribution in [0.3, 0.4) is 0 Å². The van der Waals surface area contributed by atoms with Gasteiger partial charge in [0.1, 0.15) is 11.6 Å². The van der Waals surface area contributed by atoms with E-state index in [2.05, 4.69) is 37.8 Å². The van der Waals surface area contributed by atoms with Gasteiger partial charge < -0.3 is 4.57 Å². The summed E-state index contributed by atoms with van der Waals surface area (Å²) in [6, 6.07) is 4.75. The minimum absolute atomic E-state index is 0.196. The Kier molecular flexibility index (Phi) is 5.28. The second-order valence-corrected chi connectivity index (χ2v) is 5.40. The number of benzene rings is 1. The summed E-state index contributed by atoms with van der Waals surface area (Å²) < 4.78 is 16.2. The molecule has 0 aliphatic rings. The van der Waals surface area contributed by atoms with Crippen LogP contribution in [0.4, 0.5) is 4.39 Å². The lowest BCUT2D eigenvalue weighted by Gasteiger charge is -2.18. The van der Waals surface area contributed by atoms with E-state index in [1.807, 2.05) is 12.3 Å². The Bertz CT molecular complexity index is 570. The molecule has 4 nitrogen and oxygen atoms in total. The summed E-state index contributed by atoms with van der Waals surface area (Å²) in [6.45, 7) is 3.03. The van der Waals surface area contributed by atoms with Crippen LogP contribution in [0.2, 0.25) is 0 Å². The Balaban J connectivity index is 2.24. The molecule has 0 saturated heterocycles. The van der Waals surface area contributed by atoms with E-state index in [1.165, 1.54) is 6.07 Å². The maximum atomic E-state index is 13.6. The van der Waals surface area contributed by atoms with Gasteiger partial charge in [0, 0.05) is 25.4 Å². The van der Waals surface area contributed by atoms with Crippen molar-refractivity contribution in [2.75, 3.05) is 0 Å². The molecule has 0 aliphatic carbocycles. The smallest absolute Gasteiger partial charge is 0.137 e. The molecule has 1 atom stereocenters. The van der Waals surface area contributed by atoms with Gasteiger partial charge in [-0.2, -0.15) is 0 Å². The zero-order valence-electron chi connectivity index (χ0n) is 11.3. The Morgan fingerprint density at radius 2 is 2.30 bits per heavy atom. The Hall–Kier alpha value is -1.24. The quantitative estimate of drug-likeness (QED) is 0.627. The number of hydrazine groups is 1. The van der Waals surface area contributed by atoms with E-state index >= 15 is 0 Å². The van der Waals surface area contributed by atoms with Crippen LogP contribution in [0, 0.1) is 5.82 Å². The Labute approximate surface area is 126 Å². The van der Waals surface area contributed by atoms with Crippen LogP contribution in [0.25, 0.3) is 0 Å². The SMILES string of the molecule is CCCn1ccnc1CC(NN)c1cccc(F)c1Br. The Morgan fingerprint density at radius 3 is 3.00 bits per heavy atom. The van der Waals surface area contributed by atoms with Gasteiger partial charge in [0.05, 0.1) is 10.5 Å². The van der Waals surface area contributed by atoms with E-state index in [-0.39, 0.29) is 11.9 Å². The first kappa shape index (κ1) is 15.2. The Morgan fingerprint density at radius 1 is 1.50 bits per heavy atom. The summed E-state index contributed by atoms with van der Waals surface area (Å²) in [5, 5.41) is 0. The molecule has 0 amide bonds. The highest BCUT2D eigenvalue weighted by Gasteiger charge is 2.18. The lowest BCUT2D eigenvalue weighted by Crippen LogP contribution is -2.30. The maximum absolute atomic E-state index is 13.6. The predicted molar refractivity (Wildman–Crippen MR) is 80.4 cm³/mol. The van der Waals surface area contributed by atoms with E-state index in [0.29, 0.717) is 10.9 Å².